The van der Waals surface area contributed by atoms with Crippen LogP contribution in [0.2, 0.25) is 0 Å². The van der Waals surface area contributed by atoms with Crippen molar-refractivity contribution in [2.45, 2.75) is 151 Å². The lowest BCUT2D eigenvalue weighted by atomic mass is 9.92. The number of carbonyl (C=O) groups is 2. The van der Waals surface area contributed by atoms with E-state index in [9.17, 15) is 50.4 Å². The fourth-order valence-electron chi connectivity index (χ4n) is 5.83. The van der Waals surface area contributed by atoms with E-state index in [0.717, 1.165) is 31.8 Å². The van der Waals surface area contributed by atoms with Gasteiger partial charge in [0.05, 0.1) is 38.6 Å². The van der Waals surface area contributed by atoms with Gasteiger partial charge < -0.3 is 75.2 Å². The van der Waals surface area contributed by atoms with Crippen LogP contribution in [-0.2, 0) is 28.5 Å². The second kappa shape index (κ2) is 22.8. The summed E-state index contributed by atoms with van der Waals surface area (Å²) in [6.07, 6.45) is -6.78. The number of rotatable bonds is 23. The Kier molecular flexibility index (Phi) is 20.2. The van der Waals surface area contributed by atoms with E-state index in [2.05, 4.69) is 24.1 Å². The van der Waals surface area contributed by atoms with Crippen LogP contribution in [0.25, 0.3) is 0 Å². The predicted octanol–water partition coefficient (Wildman–Crippen LogP) is -1.30. The highest BCUT2D eigenvalue weighted by molar-refractivity contribution is 5.87. The van der Waals surface area contributed by atoms with Crippen molar-refractivity contribution in [1.82, 2.24) is 10.6 Å². The third kappa shape index (κ3) is 13.9. The van der Waals surface area contributed by atoms with E-state index in [-0.39, 0.29) is 32.1 Å². The summed E-state index contributed by atoms with van der Waals surface area (Å²) in [5.41, 5.74) is -1.46. The van der Waals surface area contributed by atoms with Gasteiger partial charge in [0.25, 0.3) is 0 Å². The van der Waals surface area contributed by atoms with Crippen LogP contribution in [0, 0.1) is 0 Å². The average molecular weight is 725 g/mol. The van der Waals surface area contributed by atoms with Crippen molar-refractivity contribution >= 4 is 12.0 Å². The number of aliphatic hydroxyl groups is 8. The standard InChI is InChI=1S/C33H60N2O15/c1-4-6-7-8-9-10-11-12-20(3)34-32(45)47-16-14-33(35-23(38)5-2,19-48-31-29(44)27(42)25(40)22(18-37)50-31)13-15-46-30-28(43)26(41)24(39)21(17-36)49-30/h5,20-22,24-31,36-37,39-44H,2,4,6-19H2,1,3H3,(H,34,45)(H,35,38)/t20?,21?,22?,24-,25-,26+,27+,28?,29?,30-,31-,33?/m1/s1. The van der Waals surface area contributed by atoms with Gasteiger partial charge in [-0.1, -0.05) is 58.4 Å². The monoisotopic (exact) mass is 724 g/mol. The highest BCUT2D eigenvalue weighted by atomic mass is 16.7. The van der Waals surface area contributed by atoms with Crippen LogP contribution in [0.4, 0.5) is 4.79 Å². The molecule has 0 saturated carbocycles. The topological polar surface area (TPSA) is 266 Å². The number of aliphatic hydroxyl groups excluding tert-OH is 8. The summed E-state index contributed by atoms with van der Waals surface area (Å²) in [6.45, 7) is 5.16. The number of hydrogen-bond acceptors (Lipinski definition) is 15. The van der Waals surface area contributed by atoms with Gasteiger partial charge in [-0.25, -0.2) is 4.79 Å². The SMILES string of the molecule is C=CC(=O)NC(CCOC(=O)NC(C)CCCCCCCCC)(CCO[C@@H]1OC(CO)[C@@H](O)[C@H](O)C1O)CO[C@@H]1OC(CO)[C@@H](O)[C@H](O)C1O. The molecule has 6 unspecified atom stereocenters. The summed E-state index contributed by atoms with van der Waals surface area (Å²) >= 11 is 0. The summed E-state index contributed by atoms with van der Waals surface area (Å²) < 4.78 is 27.7. The molecule has 12 atom stereocenters. The molecular weight excluding hydrogens is 664 g/mol. The molecule has 0 aromatic carbocycles. The van der Waals surface area contributed by atoms with Crippen LogP contribution in [-0.4, -0.2) is 159 Å². The van der Waals surface area contributed by atoms with E-state index in [1.54, 1.807) is 0 Å². The van der Waals surface area contributed by atoms with Crippen LogP contribution in [0.1, 0.15) is 78.1 Å². The summed E-state index contributed by atoms with van der Waals surface area (Å²) in [5.74, 6) is -0.664. The zero-order chi connectivity index (χ0) is 37.3. The molecular formula is C33H60N2O15. The van der Waals surface area contributed by atoms with E-state index in [1.807, 2.05) is 6.92 Å². The summed E-state index contributed by atoms with van der Waals surface area (Å²) in [6, 6.07) is -0.148. The van der Waals surface area contributed by atoms with Crippen LogP contribution in [0.15, 0.2) is 12.7 Å². The van der Waals surface area contributed by atoms with Crippen molar-refractivity contribution < 1.29 is 74.1 Å². The van der Waals surface area contributed by atoms with Gasteiger partial charge in [0.1, 0.15) is 48.8 Å². The normalized spacial score (nSPS) is 31.7. The van der Waals surface area contributed by atoms with Crippen molar-refractivity contribution in [3.63, 3.8) is 0 Å². The van der Waals surface area contributed by atoms with Gasteiger partial charge in [-0.05, 0) is 25.8 Å². The zero-order valence-electron chi connectivity index (χ0n) is 29.2. The maximum absolute atomic E-state index is 12.7. The molecule has 17 heteroatoms. The molecule has 2 saturated heterocycles. The Morgan fingerprint density at radius 3 is 1.84 bits per heavy atom. The number of alkyl carbamates (subject to hydrolysis) is 1. The van der Waals surface area contributed by atoms with Gasteiger partial charge in [0.15, 0.2) is 12.6 Å². The maximum atomic E-state index is 12.7. The quantitative estimate of drug-likeness (QED) is 0.0434. The van der Waals surface area contributed by atoms with Crippen molar-refractivity contribution in [1.29, 1.82) is 0 Å². The number of amides is 2. The van der Waals surface area contributed by atoms with E-state index in [0.29, 0.717) is 0 Å². The molecule has 0 aliphatic carbocycles. The molecule has 2 amide bonds. The first-order valence-corrected chi connectivity index (χ1v) is 17.5. The Balaban J connectivity index is 2.12. The number of hydrogen-bond donors (Lipinski definition) is 10. The minimum Gasteiger partial charge on any atom is -0.449 e. The summed E-state index contributed by atoms with van der Waals surface area (Å²) in [5, 5.41) is 86.1. The minimum absolute atomic E-state index is 0.0956. The molecule has 292 valence electrons. The molecule has 17 nitrogen and oxygen atoms in total. The number of nitrogens with one attached hydrogen (secondary N) is 2. The molecule has 0 bridgehead atoms. The van der Waals surface area contributed by atoms with Crippen molar-refractivity contribution in [3.05, 3.63) is 12.7 Å². The minimum atomic E-state index is -1.74. The van der Waals surface area contributed by atoms with Crippen LogP contribution in [0.3, 0.4) is 0 Å². The summed E-state index contributed by atoms with van der Waals surface area (Å²) in [7, 11) is 0. The lowest BCUT2D eigenvalue weighted by Crippen LogP contribution is -2.61. The van der Waals surface area contributed by atoms with Crippen molar-refractivity contribution in [3.8, 4) is 0 Å². The second-order valence-corrected chi connectivity index (χ2v) is 13.1. The highest BCUT2D eigenvalue weighted by Gasteiger charge is 2.46. The Morgan fingerprint density at radius 1 is 0.780 bits per heavy atom. The predicted molar refractivity (Wildman–Crippen MR) is 176 cm³/mol. The lowest BCUT2D eigenvalue weighted by molar-refractivity contribution is -0.307. The average Bonchev–Trinajstić information content (AvgIpc) is 3.09. The Morgan fingerprint density at radius 2 is 1.30 bits per heavy atom. The van der Waals surface area contributed by atoms with Gasteiger partial charge in [-0.2, -0.15) is 0 Å². The molecule has 2 aliphatic rings. The molecule has 10 N–H and O–H groups in total. The van der Waals surface area contributed by atoms with E-state index in [1.165, 1.54) is 25.7 Å². The number of unbranched alkanes of at least 4 members (excludes halogenated alkanes) is 6. The molecule has 0 aromatic rings. The largest absolute Gasteiger partial charge is 0.449 e. The van der Waals surface area contributed by atoms with Crippen LogP contribution in [0.5, 0.6) is 0 Å². The highest BCUT2D eigenvalue weighted by Crippen LogP contribution is 2.27. The van der Waals surface area contributed by atoms with Crippen molar-refractivity contribution in [2.75, 3.05) is 33.0 Å². The molecule has 2 rings (SSSR count). The van der Waals surface area contributed by atoms with E-state index >= 15 is 0 Å². The number of ether oxygens (including phenoxy) is 5. The Bertz CT molecular complexity index is 991. The lowest BCUT2D eigenvalue weighted by Gasteiger charge is -2.42. The first kappa shape index (κ1) is 44.2. The Hall–Kier alpha value is -2.00. The van der Waals surface area contributed by atoms with E-state index in [4.69, 9.17) is 23.7 Å². The molecule has 2 aliphatic heterocycles. The molecule has 50 heavy (non-hydrogen) atoms. The fourth-order valence-corrected chi connectivity index (χ4v) is 5.83. The van der Waals surface area contributed by atoms with Gasteiger partial charge in [-0.3, -0.25) is 4.79 Å². The van der Waals surface area contributed by atoms with Crippen LogP contribution >= 0.6 is 0 Å². The maximum Gasteiger partial charge on any atom is 0.407 e. The molecule has 0 radical (unpaired) electrons. The van der Waals surface area contributed by atoms with Gasteiger partial charge in [0.2, 0.25) is 5.91 Å². The third-order valence-electron chi connectivity index (χ3n) is 9.08. The van der Waals surface area contributed by atoms with Crippen LogP contribution < -0.4 is 10.6 Å². The van der Waals surface area contributed by atoms with Gasteiger partial charge in [0, 0.05) is 12.5 Å². The van der Waals surface area contributed by atoms with E-state index < -0.39 is 98.8 Å². The van der Waals surface area contributed by atoms with Gasteiger partial charge in [-0.15, -0.1) is 0 Å². The second-order valence-electron chi connectivity index (χ2n) is 13.1. The molecule has 0 aromatic heterocycles. The number of carbonyl (C=O) groups excluding carboxylic acids is 2. The third-order valence-corrected chi connectivity index (χ3v) is 9.08. The van der Waals surface area contributed by atoms with Crippen molar-refractivity contribution in [2.24, 2.45) is 0 Å². The molecule has 2 heterocycles. The first-order valence-electron chi connectivity index (χ1n) is 17.5. The zero-order valence-corrected chi connectivity index (χ0v) is 29.2. The fraction of sp³-hybridized carbons (Fsp3) is 0.879. The first-order chi connectivity index (χ1) is 23.8. The Labute approximate surface area is 293 Å². The van der Waals surface area contributed by atoms with Gasteiger partial charge >= 0.3 is 6.09 Å². The smallest absolute Gasteiger partial charge is 0.407 e. The molecule has 0 spiro atoms. The summed E-state index contributed by atoms with van der Waals surface area (Å²) in [4.78, 5) is 25.3. The molecule has 2 fully saturated rings.